The van der Waals surface area contributed by atoms with Crippen LogP contribution in [0.25, 0.3) is 0 Å². The first-order chi connectivity index (χ1) is 8.45. The number of hydrogen-bond donors (Lipinski definition) is 1. The first-order valence-corrected chi connectivity index (χ1v) is 7.27. The first kappa shape index (κ1) is 13.6. The molecule has 0 heterocycles. The monoisotopic (exact) mass is 246 g/mol. The van der Waals surface area contributed by atoms with E-state index in [1.54, 1.807) is 0 Å². The Hall–Kier alpha value is -0.820. The molecule has 0 aliphatic heterocycles. The fourth-order valence-electron chi connectivity index (χ4n) is 3.38. The van der Waals surface area contributed by atoms with Gasteiger partial charge in [0.15, 0.2) is 0 Å². The Morgan fingerprint density at radius 1 is 1.22 bits per heavy atom. The van der Waals surface area contributed by atoms with Gasteiger partial charge in [0, 0.05) is 0 Å². The standard InChI is InChI=1S/C17H26O/c1-4-7-14-8-5-9-15(12-14)17(18)11-6-10-16(2,3)13-17/h5,8-9,12,18H,4,6-7,10-11,13H2,1-3H3. The number of hydrogen-bond acceptors (Lipinski definition) is 1. The molecular weight excluding hydrogens is 220 g/mol. The van der Waals surface area contributed by atoms with Crippen molar-refractivity contribution in [3.05, 3.63) is 35.4 Å². The van der Waals surface area contributed by atoms with Gasteiger partial charge in [0.1, 0.15) is 0 Å². The van der Waals surface area contributed by atoms with Crippen molar-refractivity contribution in [3.8, 4) is 0 Å². The van der Waals surface area contributed by atoms with E-state index in [0.717, 1.165) is 37.7 Å². The van der Waals surface area contributed by atoms with Crippen molar-refractivity contribution in [2.45, 2.75) is 64.9 Å². The van der Waals surface area contributed by atoms with Crippen LogP contribution < -0.4 is 0 Å². The van der Waals surface area contributed by atoms with Crippen molar-refractivity contribution >= 4 is 0 Å². The van der Waals surface area contributed by atoms with Gasteiger partial charge >= 0.3 is 0 Å². The van der Waals surface area contributed by atoms with Gasteiger partial charge in [0.25, 0.3) is 0 Å². The zero-order valence-electron chi connectivity index (χ0n) is 12.0. The second kappa shape index (κ2) is 5.05. The van der Waals surface area contributed by atoms with Gasteiger partial charge in [-0.25, -0.2) is 0 Å². The summed E-state index contributed by atoms with van der Waals surface area (Å²) in [5.74, 6) is 0. The summed E-state index contributed by atoms with van der Waals surface area (Å²) in [4.78, 5) is 0. The molecule has 1 unspecified atom stereocenters. The highest BCUT2D eigenvalue weighted by Gasteiger charge is 2.39. The highest BCUT2D eigenvalue weighted by molar-refractivity contribution is 5.29. The van der Waals surface area contributed by atoms with Crippen molar-refractivity contribution in [2.24, 2.45) is 5.41 Å². The molecule has 18 heavy (non-hydrogen) atoms. The Morgan fingerprint density at radius 3 is 2.67 bits per heavy atom. The molecule has 1 fully saturated rings. The summed E-state index contributed by atoms with van der Waals surface area (Å²) >= 11 is 0. The smallest absolute Gasteiger partial charge is 0.0901 e. The van der Waals surface area contributed by atoms with Gasteiger partial charge in [0.05, 0.1) is 5.60 Å². The van der Waals surface area contributed by atoms with Crippen LogP contribution in [0, 0.1) is 5.41 Å². The lowest BCUT2D eigenvalue weighted by atomic mass is 9.67. The van der Waals surface area contributed by atoms with Crippen molar-refractivity contribution in [3.63, 3.8) is 0 Å². The summed E-state index contributed by atoms with van der Waals surface area (Å²) in [7, 11) is 0. The predicted octanol–water partition coefficient (Wildman–Crippen LogP) is 4.43. The van der Waals surface area contributed by atoms with E-state index in [-0.39, 0.29) is 5.41 Å². The second-order valence-corrected chi connectivity index (χ2v) is 6.68. The maximum Gasteiger partial charge on any atom is 0.0901 e. The molecule has 0 amide bonds. The number of aliphatic hydroxyl groups is 1. The van der Waals surface area contributed by atoms with Crippen molar-refractivity contribution in [2.75, 3.05) is 0 Å². The molecule has 1 nitrogen and oxygen atoms in total. The normalized spacial score (nSPS) is 27.1. The summed E-state index contributed by atoms with van der Waals surface area (Å²) in [6, 6.07) is 8.58. The topological polar surface area (TPSA) is 20.2 Å². The Balaban J connectivity index is 2.26. The molecule has 1 saturated carbocycles. The van der Waals surface area contributed by atoms with E-state index in [9.17, 15) is 5.11 Å². The summed E-state index contributed by atoms with van der Waals surface area (Å²) in [6.07, 6.45) is 6.41. The van der Waals surface area contributed by atoms with Gasteiger partial charge < -0.3 is 5.11 Å². The van der Waals surface area contributed by atoms with Gasteiger partial charge in [-0.1, -0.05) is 51.5 Å². The molecule has 2 rings (SSSR count). The summed E-state index contributed by atoms with van der Waals surface area (Å²) < 4.78 is 0. The van der Waals surface area contributed by atoms with E-state index in [1.807, 2.05) is 0 Å². The Labute approximate surface area is 111 Å². The van der Waals surface area contributed by atoms with Crippen LogP contribution in [0.4, 0.5) is 0 Å². The third-order valence-corrected chi connectivity index (χ3v) is 4.22. The Kier molecular flexibility index (Phi) is 3.82. The lowest BCUT2D eigenvalue weighted by Gasteiger charge is -2.42. The van der Waals surface area contributed by atoms with Gasteiger partial charge in [-0.2, -0.15) is 0 Å². The fraction of sp³-hybridized carbons (Fsp3) is 0.647. The quantitative estimate of drug-likeness (QED) is 0.836. The maximum absolute atomic E-state index is 11.0. The Bertz CT molecular complexity index is 408. The lowest BCUT2D eigenvalue weighted by molar-refractivity contribution is -0.0440. The van der Waals surface area contributed by atoms with Crippen LogP contribution >= 0.6 is 0 Å². The minimum absolute atomic E-state index is 0.258. The first-order valence-electron chi connectivity index (χ1n) is 7.27. The molecule has 0 aromatic heterocycles. The largest absolute Gasteiger partial charge is 0.385 e. The highest BCUT2D eigenvalue weighted by atomic mass is 16.3. The molecule has 1 aliphatic carbocycles. The molecule has 0 spiro atoms. The van der Waals surface area contributed by atoms with Crippen LogP contribution in [0.1, 0.15) is 64.0 Å². The SMILES string of the molecule is CCCc1cccc(C2(O)CCCC(C)(C)C2)c1. The van der Waals surface area contributed by atoms with E-state index in [0.29, 0.717) is 0 Å². The third kappa shape index (κ3) is 2.95. The highest BCUT2D eigenvalue weighted by Crippen LogP contribution is 2.46. The molecular formula is C17H26O. The van der Waals surface area contributed by atoms with Crippen LogP contribution in [0.2, 0.25) is 0 Å². The average molecular weight is 246 g/mol. The molecule has 1 aromatic rings. The zero-order valence-corrected chi connectivity index (χ0v) is 12.0. The van der Waals surface area contributed by atoms with Crippen LogP contribution in [-0.2, 0) is 12.0 Å². The number of benzene rings is 1. The van der Waals surface area contributed by atoms with Gasteiger partial charge in [0.2, 0.25) is 0 Å². The van der Waals surface area contributed by atoms with Gasteiger partial charge in [-0.3, -0.25) is 0 Å². The molecule has 0 saturated heterocycles. The number of aryl methyl sites for hydroxylation is 1. The molecule has 100 valence electrons. The summed E-state index contributed by atoms with van der Waals surface area (Å²) in [5.41, 5.74) is 2.13. The second-order valence-electron chi connectivity index (χ2n) is 6.68. The van der Waals surface area contributed by atoms with Crippen LogP contribution in [0.3, 0.4) is 0 Å². The number of rotatable bonds is 3. The molecule has 1 aromatic carbocycles. The van der Waals surface area contributed by atoms with Crippen molar-refractivity contribution in [1.82, 2.24) is 0 Å². The molecule has 0 radical (unpaired) electrons. The minimum Gasteiger partial charge on any atom is -0.385 e. The molecule has 1 aliphatic rings. The van der Waals surface area contributed by atoms with Crippen molar-refractivity contribution < 1.29 is 5.11 Å². The molecule has 1 atom stereocenters. The average Bonchev–Trinajstić information content (AvgIpc) is 2.28. The zero-order chi connectivity index (χ0) is 13.2. The van der Waals surface area contributed by atoms with Crippen LogP contribution in [0.15, 0.2) is 24.3 Å². The Morgan fingerprint density at radius 2 is 2.00 bits per heavy atom. The van der Waals surface area contributed by atoms with Gasteiger partial charge in [-0.15, -0.1) is 0 Å². The van der Waals surface area contributed by atoms with Crippen LogP contribution in [0.5, 0.6) is 0 Å². The van der Waals surface area contributed by atoms with Gasteiger partial charge in [-0.05, 0) is 48.6 Å². The van der Waals surface area contributed by atoms with E-state index in [1.165, 1.54) is 12.0 Å². The van der Waals surface area contributed by atoms with Crippen molar-refractivity contribution in [1.29, 1.82) is 0 Å². The van der Waals surface area contributed by atoms with E-state index >= 15 is 0 Å². The fourth-order valence-corrected chi connectivity index (χ4v) is 3.38. The summed E-state index contributed by atoms with van der Waals surface area (Å²) in [6.45, 7) is 6.74. The van der Waals surface area contributed by atoms with E-state index < -0.39 is 5.60 Å². The predicted molar refractivity (Wildman–Crippen MR) is 76.6 cm³/mol. The summed E-state index contributed by atoms with van der Waals surface area (Å²) in [5, 5.41) is 11.0. The van der Waals surface area contributed by atoms with E-state index in [4.69, 9.17) is 0 Å². The minimum atomic E-state index is -0.606. The molecule has 1 heteroatoms. The maximum atomic E-state index is 11.0. The third-order valence-electron chi connectivity index (χ3n) is 4.22. The van der Waals surface area contributed by atoms with Crippen LogP contribution in [-0.4, -0.2) is 5.11 Å². The lowest BCUT2D eigenvalue weighted by Crippen LogP contribution is -2.36. The molecule has 1 N–H and O–H groups in total. The molecule has 0 bridgehead atoms. The van der Waals surface area contributed by atoms with E-state index in [2.05, 4.69) is 45.0 Å².